The zero-order valence-corrected chi connectivity index (χ0v) is 17.8. The number of benzene rings is 2. The number of hydrogen-bond donors (Lipinski definition) is 0. The summed E-state index contributed by atoms with van der Waals surface area (Å²) in [4.78, 5) is 5.52. The Bertz CT molecular complexity index is 702. The number of methoxy groups -OCH3 is 1. The van der Waals surface area contributed by atoms with E-state index in [0.717, 1.165) is 23.1 Å². The summed E-state index contributed by atoms with van der Waals surface area (Å²) in [5, 5.41) is 1.84. The van der Waals surface area contributed by atoms with Crippen molar-refractivity contribution < 1.29 is 18.4 Å². The summed E-state index contributed by atoms with van der Waals surface area (Å²) in [5.74, 6) is -1.11. The smallest absolute Gasteiger partial charge is 0.129 e. The van der Waals surface area contributed by atoms with E-state index in [-0.39, 0.29) is 30.3 Å². The lowest BCUT2D eigenvalue weighted by Crippen LogP contribution is -2.31. The van der Waals surface area contributed by atoms with Crippen molar-refractivity contribution in [2.75, 3.05) is 33.9 Å². The summed E-state index contributed by atoms with van der Waals surface area (Å²) in [7, 11) is 3.29. The molecule has 0 bridgehead atoms. The molecule has 2 aromatic carbocycles. The van der Waals surface area contributed by atoms with Crippen LogP contribution in [0.5, 0.6) is 0 Å². The van der Waals surface area contributed by atoms with Crippen molar-refractivity contribution in [1.29, 1.82) is 0 Å². The Balaban J connectivity index is 0.00000392. The molecule has 3 nitrogen and oxygen atoms in total. The van der Waals surface area contributed by atoms with Crippen LogP contribution in [0, 0.1) is 25.5 Å². The quantitative estimate of drug-likeness (QED) is 0.393. The third-order valence-corrected chi connectivity index (χ3v) is 4.90. The molecule has 0 fully saturated rings. The van der Waals surface area contributed by atoms with Gasteiger partial charge in [0.15, 0.2) is 0 Å². The number of hydrogen-bond acceptors (Lipinski definition) is 3. The summed E-state index contributed by atoms with van der Waals surface area (Å²) >= 11 is 0. The Morgan fingerprint density at radius 2 is 1.54 bits per heavy atom. The summed E-state index contributed by atoms with van der Waals surface area (Å²) in [6.45, 7) is 5.94. The molecular weight excluding hydrogens is 384 g/mol. The van der Waals surface area contributed by atoms with Crippen molar-refractivity contribution in [3.05, 3.63) is 70.3 Å². The molecule has 0 aromatic heterocycles. The molecule has 0 saturated heterocycles. The van der Waals surface area contributed by atoms with Gasteiger partial charge in [-0.3, -0.25) is 0 Å². The maximum atomic E-state index is 14.3. The van der Waals surface area contributed by atoms with Crippen molar-refractivity contribution in [3.63, 3.8) is 0 Å². The van der Waals surface area contributed by atoms with Crippen molar-refractivity contribution in [2.45, 2.75) is 32.6 Å². The maximum Gasteiger partial charge on any atom is 0.129 e. The third-order valence-electron chi connectivity index (χ3n) is 4.90. The van der Waals surface area contributed by atoms with Crippen LogP contribution in [0.4, 0.5) is 8.78 Å². The Morgan fingerprint density at radius 3 is 2.07 bits per heavy atom. The highest BCUT2D eigenvalue weighted by molar-refractivity contribution is 5.85. The highest BCUT2D eigenvalue weighted by Crippen LogP contribution is 2.30. The van der Waals surface area contributed by atoms with E-state index in [4.69, 9.17) is 9.57 Å². The molecule has 0 radical (unpaired) electrons. The molecule has 28 heavy (non-hydrogen) atoms. The van der Waals surface area contributed by atoms with Crippen LogP contribution in [0.2, 0.25) is 0 Å². The molecule has 0 aliphatic heterocycles. The zero-order chi connectivity index (χ0) is 19.8. The molecule has 1 atom stereocenters. The fourth-order valence-corrected chi connectivity index (χ4v) is 3.59. The second kappa shape index (κ2) is 12.1. The van der Waals surface area contributed by atoms with E-state index in [1.807, 2.05) is 37.1 Å². The Labute approximate surface area is 173 Å². The molecule has 156 valence electrons. The van der Waals surface area contributed by atoms with Gasteiger partial charge < -0.3 is 9.57 Å². The van der Waals surface area contributed by atoms with Gasteiger partial charge in [-0.1, -0.05) is 24.3 Å². The Kier molecular flexibility index (Phi) is 10.6. The maximum absolute atomic E-state index is 14.3. The number of rotatable bonds is 10. The minimum Gasteiger partial charge on any atom is -0.385 e. The fraction of sp³-hybridized carbons (Fsp3) is 0.455. The van der Waals surface area contributed by atoms with Crippen LogP contribution in [0.1, 0.15) is 34.6 Å². The molecule has 2 aromatic rings. The molecule has 6 heteroatoms. The lowest BCUT2D eigenvalue weighted by atomic mass is 9.85. The number of nitrogens with zero attached hydrogens (tertiary/aromatic N) is 1. The summed E-state index contributed by atoms with van der Waals surface area (Å²) < 4.78 is 33.7. The molecule has 0 spiro atoms. The van der Waals surface area contributed by atoms with Crippen molar-refractivity contribution >= 4 is 12.4 Å². The first-order valence-electron chi connectivity index (χ1n) is 9.24. The molecule has 0 aliphatic rings. The second-order valence-corrected chi connectivity index (χ2v) is 6.82. The molecule has 0 heterocycles. The lowest BCUT2D eigenvalue weighted by Gasteiger charge is -2.28. The zero-order valence-electron chi connectivity index (χ0n) is 17.0. The van der Waals surface area contributed by atoms with E-state index in [1.165, 1.54) is 18.2 Å². The molecule has 0 aliphatic carbocycles. The predicted molar refractivity (Wildman–Crippen MR) is 111 cm³/mol. The number of aryl methyl sites for hydroxylation is 2. The van der Waals surface area contributed by atoms with Crippen LogP contribution < -0.4 is 0 Å². The molecule has 1 unspecified atom stereocenters. The number of ether oxygens (including phenoxy) is 1. The van der Waals surface area contributed by atoms with Crippen molar-refractivity contribution in [3.8, 4) is 0 Å². The van der Waals surface area contributed by atoms with Crippen LogP contribution in [0.15, 0.2) is 36.4 Å². The van der Waals surface area contributed by atoms with Crippen molar-refractivity contribution in [1.82, 2.24) is 5.06 Å². The molecule has 2 rings (SSSR count). The largest absolute Gasteiger partial charge is 0.385 e. The second-order valence-electron chi connectivity index (χ2n) is 6.82. The average Bonchev–Trinajstić information content (AvgIpc) is 2.63. The lowest BCUT2D eigenvalue weighted by molar-refractivity contribution is -0.136. The van der Waals surface area contributed by atoms with Gasteiger partial charge in [-0.15, -0.1) is 12.4 Å². The van der Waals surface area contributed by atoms with E-state index in [9.17, 15) is 8.78 Å². The van der Waals surface area contributed by atoms with Gasteiger partial charge in [0.05, 0.1) is 7.11 Å². The van der Waals surface area contributed by atoms with Gasteiger partial charge in [0.2, 0.25) is 0 Å². The summed E-state index contributed by atoms with van der Waals surface area (Å²) in [5.41, 5.74) is 3.47. The predicted octanol–water partition coefficient (Wildman–Crippen LogP) is 5.23. The number of halogens is 3. The minimum atomic E-state index is -0.505. The van der Waals surface area contributed by atoms with Crippen LogP contribution in [0.25, 0.3) is 0 Å². The fourth-order valence-electron chi connectivity index (χ4n) is 3.59. The molecular formula is C22H30ClF2NO2. The Hall–Kier alpha value is -1.53. The van der Waals surface area contributed by atoms with E-state index >= 15 is 0 Å². The van der Waals surface area contributed by atoms with Gasteiger partial charge in [0, 0.05) is 38.3 Å². The van der Waals surface area contributed by atoms with Gasteiger partial charge in [-0.2, -0.15) is 5.06 Å². The van der Waals surface area contributed by atoms with Gasteiger partial charge in [0.1, 0.15) is 11.6 Å². The van der Waals surface area contributed by atoms with E-state index in [0.29, 0.717) is 19.7 Å². The van der Waals surface area contributed by atoms with Crippen LogP contribution in [0.3, 0.4) is 0 Å². The van der Waals surface area contributed by atoms with E-state index in [1.54, 1.807) is 14.2 Å². The van der Waals surface area contributed by atoms with Crippen molar-refractivity contribution in [2.24, 2.45) is 0 Å². The van der Waals surface area contributed by atoms with Gasteiger partial charge in [-0.05, 0) is 55.5 Å². The molecule has 0 saturated carbocycles. The first kappa shape index (κ1) is 24.5. The van der Waals surface area contributed by atoms with Crippen LogP contribution in [-0.2, 0) is 16.0 Å². The topological polar surface area (TPSA) is 21.7 Å². The van der Waals surface area contributed by atoms with Crippen LogP contribution in [-0.4, -0.2) is 39.0 Å². The SMILES string of the molecule is COCCCN(CC(Cc1c(F)cccc1F)c1c(C)cccc1C)OC.Cl. The first-order chi connectivity index (χ1) is 13.0. The highest BCUT2D eigenvalue weighted by atomic mass is 35.5. The summed E-state index contributed by atoms with van der Waals surface area (Å²) in [6, 6.07) is 10.1. The first-order valence-corrected chi connectivity index (χ1v) is 9.24. The van der Waals surface area contributed by atoms with Crippen LogP contribution >= 0.6 is 12.4 Å². The normalized spacial score (nSPS) is 12.1. The third kappa shape index (κ3) is 6.52. The average molecular weight is 414 g/mol. The minimum absolute atomic E-state index is 0. The molecule has 0 N–H and O–H groups in total. The van der Waals surface area contributed by atoms with Gasteiger partial charge in [0.25, 0.3) is 0 Å². The Morgan fingerprint density at radius 1 is 0.964 bits per heavy atom. The van der Waals surface area contributed by atoms with E-state index in [2.05, 4.69) is 0 Å². The summed E-state index contributed by atoms with van der Waals surface area (Å²) in [6.07, 6.45) is 1.09. The van der Waals surface area contributed by atoms with Gasteiger partial charge in [-0.25, -0.2) is 8.78 Å². The number of hydroxylamine groups is 2. The highest BCUT2D eigenvalue weighted by Gasteiger charge is 2.23. The van der Waals surface area contributed by atoms with Gasteiger partial charge >= 0.3 is 0 Å². The molecule has 0 amide bonds. The standard InChI is InChI=1S/C22H29F2NO2.ClH/c1-16-8-5-9-17(2)22(16)18(15-25(27-4)12-7-13-26-3)14-19-20(23)10-6-11-21(19)24;/h5-6,8-11,18H,7,12-15H2,1-4H3;1H. The monoisotopic (exact) mass is 413 g/mol. The van der Waals surface area contributed by atoms with E-state index < -0.39 is 11.6 Å².